The second-order valence-electron chi connectivity index (χ2n) is 9.44. The zero-order chi connectivity index (χ0) is 26.9. The van der Waals surface area contributed by atoms with Crippen LogP contribution in [0.25, 0.3) is 11.1 Å². The van der Waals surface area contributed by atoms with Crippen LogP contribution in [0, 0.1) is 13.8 Å². The van der Waals surface area contributed by atoms with Gasteiger partial charge < -0.3 is 30.3 Å². The quantitative estimate of drug-likeness (QED) is 0.449. The molecule has 3 aromatic rings. The van der Waals surface area contributed by atoms with E-state index in [1.54, 1.807) is 26.4 Å². The summed E-state index contributed by atoms with van der Waals surface area (Å²) in [5.74, 6) is 0.00727. The second kappa shape index (κ2) is 10.5. The Kier molecular flexibility index (Phi) is 7.40. The Morgan fingerprint density at radius 3 is 2.24 bits per heavy atom. The first-order chi connectivity index (χ1) is 17.6. The fourth-order valence-corrected chi connectivity index (χ4v) is 5.05. The topological polar surface area (TPSA) is 122 Å². The molecule has 0 unspecified atom stereocenters. The monoisotopic (exact) mass is 504 g/mol. The van der Waals surface area contributed by atoms with E-state index in [9.17, 15) is 19.8 Å². The predicted molar refractivity (Wildman–Crippen MR) is 140 cm³/mol. The number of amides is 1. The fourth-order valence-electron chi connectivity index (χ4n) is 5.05. The number of nitrogens with zero attached hydrogens (tertiary/aromatic N) is 1. The van der Waals surface area contributed by atoms with E-state index in [1.165, 1.54) is 4.90 Å². The largest absolute Gasteiger partial charge is 0.508 e. The van der Waals surface area contributed by atoms with Crippen molar-refractivity contribution in [3.8, 4) is 28.4 Å². The van der Waals surface area contributed by atoms with Crippen molar-refractivity contribution in [1.82, 2.24) is 4.90 Å². The number of benzene rings is 3. The van der Waals surface area contributed by atoms with Crippen molar-refractivity contribution < 1.29 is 29.3 Å². The summed E-state index contributed by atoms with van der Waals surface area (Å²) in [6, 6.07) is 12.7. The summed E-state index contributed by atoms with van der Waals surface area (Å²) in [5, 5.41) is 19.8. The van der Waals surface area contributed by atoms with Crippen molar-refractivity contribution >= 4 is 11.9 Å². The minimum atomic E-state index is -1.08. The van der Waals surface area contributed by atoms with Crippen LogP contribution in [0.2, 0.25) is 0 Å². The van der Waals surface area contributed by atoms with Gasteiger partial charge in [-0.2, -0.15) is 0 Å². The number of methoxy groups -OCH3 is 2. The lowest BCUT2D eigenvalue weighted by Crippen LogP contribution is -2.54. The molecule has 0 radical (unpaired) electrons. The van der Waals surface area contributed by atoms with Gasteiger partial charge >= 0.3 is 5.97 Å². The SMILES string of the molecule is COc1ccc(-c2cc3c(cc2OC)CN(C(=O)[C@@H](N)Cc2c(C)cc(O)cc2C)[C@H](C(=O)O)C3)cc1. The standard InChI is InChI=1S/C29H32N2O6/c1-16-9-21(32)10-17(2)23(16)14-25(30)28(33)31-15-20-13-27(37-4)24(11-19(20)12-26(31)29(34)35)18-5-7-22(36-3)8-6-18/h5-11,13,25-26,32H,12,14-15,30H2,1-4H3,(H,34,35)/t25-,26-/m0/s1. The van der Waals surface area contributed by atoms with Gasteiger partial charge in [-0.25, -0.2) is 4.79 Å². The summed E-state index contributed by atoms with van der Waals surface area (Å²) in [4.78, 5) is 27.1. The fraction of sp³-hybridized carbons (Fsp3) is 0.310. The van der Waals surface area contributed by atoms with Gasteiger partial charge in [0.2, 0.25) is 5.91 Å². The van der Waals surface area contributed by atoms with Gasteiger partial charge in [0.05, 0.1) is 20.3 Å². The van der Waals surface area contributed by atoms with Crippen LogP contribution in [0.5, 0.6) is 17.2 Å². The summed E-state index contributed by atoms with van der Waals surface area (Å²) >= 11 is 0. The Labute approximate surface area is 216 Å². The Morgan fingerprint density at radius 2 is 1.68 bits per heavy atom. The molecule has 1 aliphatic rings. The third-order valence-electron chi connectivity index (χ3n) is 7.04. The van der Waals surface area contributed by atoms with Gasteiger partial charge in [0.25, 0.3) is 0 Å². The molecule has 0 bridgehead atoms. The van der Waals surface area contributed by atoms with E-state index < -0.39 is 24.0 Å². The van der Waals surface area contributed by atoms with E-state index in [1.807, 2.05) is 50.2 Å². The molecule has 0 spiro atoms. The van der Waals surface area contributed by atoms with Crippen LogP contribution in [-0.4, -0.2) is 53.3 Å². The number of carbonyl (C=O) groups excluding carboxylic acids is 1. The number of phenolic OH excluding ortho intramolecular Hbond substituents is 1. The summed E-state index contributed by atoms with van der Waals surface area (Å²) in [7, 11) is 3.19. The number of aromatic hydroxyl groups is 1. The number of ether oxygens (including phenoxy) is 2. The molecule has 4 N–H and O–H groups in total. The van der Waals surface area contributed by atoms with Gasteiger partial charge in [0.15, 0.2) is 0 Å². The summed E-state index contributed by atoms with van der Waals surface area (Å²) in [5.41, 5.74) is 12.3. The van der Waals surface area contributed by atoms with Gasteiger partial charge in [-0.05, 0) is 90.0 Å². The maximum atomic E-state index is 13.5. The molecule has 4 rings (SSSR count). The number of phenols is 1. The molecule has 8 nitrogen and oxygen atoms in total. The van der Waals surface area contributed by atoms with E-state index in [0.717, 1.165) is 44.7 Å². The highest BCUT2D eigenvalue weighted by atomic mass is 16.5. The van der Waals surface area contributed by atoms with E-state index >= 15 is 0 Å². The molecule has 0 fully saturated rings. The number of carboxylic acids is 1. The molecule has 1 aliphatic heterocycles. The Bertz CT molecular complexity index is 1310. The molecule has 0 saturated carbocycles. The van der Waals surface area contributed by atoms with Crippen LogP contribution in [0.1, 0.15) is 27.8 Å². The lowest BCUT2D eigenvalue weighted by molar-refractivity contribution is -0.152. The Balaban J connectivity index is 1.64. The number of hydrogen-bond donors (Lipinski definition) is 3. The van der Waals surface area contributed by atoms with Crippen molar-refractivity contribution in [2.75, 3.05) is 14.2 Å². The smallest absolute Gasteiger partial charge is 0.326 e. The molecule has 1 heterocycles. The normalized spacial score (nSPS) is 15.6. The average molecular weight is 505 g/mol. The molecule has 8 heteroatoms. The Hall–Kier alpha value is -4.04. The van der Waals surface area contributed by atoms with Crippen molar-refractivity contribution in [2.45, 2.75) is 45.3 Å². The molecule has 0 saturated heterocycles. The number of fused-ring (bicyclic) bond motifs is 1. The zero-order valence-electron chi connectivity index (χ0n) is 21.4. The minimum Gasteiger partial charge on any atom is -0.508 e. The maximum absolute atomic E-state index is 13.5. The maximum Gasteiger partial charge on any atom is 0.326 e. The first-order valence-electron chi connectivity index (χ1n) is 12.0. The average Bonchev–Trinajstić information content (AvgIpc) is 2.88. The minimum absolute atomic E-state index is 0.117. The lowest BCUT2D eigenvalue weighted by Gasteiger charge is -2.36. The molecule has 0 aliphatic carbocycles. The number of carbonyl (C=O) groups is 2. The molecule has 0 aromatic heterocycles. The molecular weight excluding hydrogens is 472 g/mol. The predicted octanol–water partition coefficient (Wildman–Crippen LogP) is 3.60. The first kappa shape index (κ1) is 26.0. The molecule has 1 amide bonds. The Morgan fingerprint density at radius 1 is 1.03 bits per heavy atom. The van der Waals surface area contributed by atoms with Crippen LogP contribution in [0.15, 0.2) is 48.5 Å². The number of carboxylic acid groups (broad SMARTS) is 1. The number of aryl methyl sites for hydroxylation is 2. The number of nitrogens with two attached hydrogens (primary N) is 1. The number of rotatable bonds is 7. The zero-order valence-corrected chi connectivity index (χ0v) is 21.4. The second-order valence-corrected chi connectivity index (χ2v) is 9.44. The lowest BCUT2D eigenvalue weighted by atomic mass is 9.89. The van der Waals surface area contributed by atoms with Crippen molar-refractivity contribution in [3.63, 3.8) is 0 Å². The van der Waals surface area contributed by atoms with Gasteiger partial charge in [-0.1, -0.05) is 12.1 Å². The molecule has 37 heavy (non-hydrogen) atoms. The van der Waals surface area contributed by atoms with Crippen LogP contribution in [-0.2, 0) is 29.0 Å². The molecular formula is C29H32N2O6. The highest BCUT2D eigenvalue weighted by Gasteiger charge is 2.37. The van der Waals surface area contributed by atoms with Crippen LogP contribution in [0.3, 0.4) is 0 Å². The van der Waals surface area contributed by atoms with Gasteiger partial charge in [0, 0.05) is 18.5 Å². The highest BCUT2D eigenvalue weighted by molar-refractivity contribution is 5.88. The van der Waals surface area contributed by atoms with Crippen molar-refractivity contribution in [2.24, 2.45) is 5.73 Å². The summed E-state index contributed by atoms with van der Waals surface area (Å²) in [6.07, 6.45) is 0.403. The van der Waals surface area contributed by atoms with E-state index in [4.69, 9.17) is 15.2 Å². The van der Waals surface area contributed by atoms with Crippen LogP contribution in [0.4, 0.5) is 0 Å². The van der Waals surface area contributed by atoms with Crippen LogP contribution >= 0.6 is 0 Å². The molecule has 2 atom stereocenters. The van der Waals surface area contributed by atoms with Crippen LogP contribution < -0.4 is 15.2 Å². The van der Waals surface area contributed by atoms with Crippen molar-refractivity contribution in [3.05, 3.63) is 76.3 Å². The third-order valence-corrected chi connectivity index (χ3v) is 7.04. The van der Waals surface area contributed by atoms with E-state index in [-0.39, 0.29) is 25.1 Å². The van der Waals surface area contributed by atoms with E-state index in [2.05, 4.69) is 0 Å². The summed E-state index contributed by atoms with van der Waals surface area (Å²) < 4.78 is 10.9. The third kappa shape index (κ3) is 5.24. The number of hydrogen-bond acceptors (Lipinski definition) is 6. The molecule has 3 aromatic carbocycles. The summed E-state index contributed by atoms with van der Waals surface area (Å²) in [6.45, 7) is 3.82. The van der Waals surface area contributed by atoms with Gasteiger partial charge in [0.1, 0.15) is 23.3 Å². The first-order valence-corrected chi connectivity index (χ1v) is 12.0. The van der Waals surface area contributed by atoms with Crippen molar-refractivity contribution in [1.29, 1.82) is 0 Å². The number of aliphatic carboxylic acids is 1. The van der Waals surface area contributed by atoms with Gasteiger partial charge in [-0.3, -0.25) is 4.79 Å². The molecule has 194 valence electrons. The van der Waals surface area contributed by atoms with E-state index in [0.29, 0.717) is 5.75 Å². The van der Waals surface area contributed by atoms with Gasteiger partial charge in [-0.15, -0.1) is 0 Å². The highest BCUT2D eigenvalue weighted by Crippen LogP contribution is 2.37.